The summed E-state index contributed by atoms with van der Waals surface area (Å²) in [6.07, 6.45) is 0. The lowest BCUT2D eigenvalue weighted by Crippen LogP contribution is -2.15. The molecule has 0 amide bonds. The Bertz CT molecular complexity index is 2720. The van der Waals surface area contributed by atoms with Gasteiger partial charge in [-0.3, -0.25) is 0 Å². The van der Waals surface area contributed by atoms with Gasteiger partial charge in [0.05, 0.1) is 0 Å². The van der Waals surface area contributed by atoms with E-state index in [4.69, 9.17) is 0 Å². The first-order chi connectivity index (χ1) is 24.1. The molecule has 1 aliphatic carbocycles. The van der Waals surface area contributed by atoms with E-state index < -0.39 is 0 Å². The molecule has 0 aliphatic heterocycles. The smallest absolute Gasteiger partial charge is 0.0159 e. The predicted molar refractivity (Wildman–Crippen MR) is 210 cm³/mol. The minimum absolute atomic E-state index is 0.0845. The summed E-state index contributed by atoms with van der Waals surface area (Å²) in [5.74, 6) is 0. The van der Waals surface area contributed by atoms with Crippen LogP contribution in [0, 0.1) is 0 Å². The molecule has 0 spiro atoms. The lowest BCUT2D eigenvalue weighted by Gasteiger charge is -2.23. The minimum atomic E-state index is -0.0845. The molecule has 0 atom stereocenters. The number of hydrogen-bond donors (Lipinski definition) is 0. The largest absolute Gasteiger partial charge is 0.0622 e. The van der Waals surface area contributed by atoms with Crippen LogP contribution in [-0.2, 0) is 5.41 Å². The first-order valence-corrected chi connectivity index (χ1v) is 17.3. The molecule has 0 N–H and O–H groups in total. The van der Waals surface area contributed by atoms with Crippen LogP contribution in [-0.4, -0.2) is 0 Å². The van der Waals surface area contributed by atoms with Gasteiger partial charge in [0.1, 0.15) is 0 Å². The number of fused-ring (bicyclic) bond motifs is 8. The van der Waals surface area contributed by atoms with Gasteiger partial charge in [0.25, 0.3) is 0 Å². The van der Waals surface area contributed by atoms with E-state index in [-0.39, 0.29) is 5.41 Å². The van der Waals surface area contributed by atoms with Crippen molar-refractivity contribution in [3.8, 4) is 44.5 Å². The van der Waals surface area contributed by atoms with Crippen molar-refractivity contribution in [2.45, 2.75) is 19.3 Å². The van der Waals surface area contributed by atoms with Crippen LogP contribution in [0.3, 0.4) is 0 Å². The summed E-state index contributed by atoms with van der Waals surface area (Å²) < 4.78 is 0. The normalized spacial score (nSPS) is 13.3. The summed E-state index contributed by atoms with van der Waals surface area (Å²) in [5.41, 5.74) is 13.2. The van der Waals surface area contributed by atoms with E-state index in [1.165, 1.54) is 98.7 Å². The first-order valence-electron chi connectivity index (χ1n) is 17.3. The highest BCUT2D eigenvalue weighted by molar-refractivity contribution is 6.24. The Balaban J connectivity index is 1.28. The zero-order chi connectivity index (χ0) is 32.7. The summed E-state index contributed by atoms with van der Waals surface area (Å²) in [4.78, 5) is 0. The van der Waals surface area contributed by atoms with Crippen molar-refractivity contribution in [1.82, 2.24) is 0 Å². The van der Waals surface area contributed by atoms with Crippen molar-refractivity contribution < 1.29 is 0 Å². The lowest BCUT2D eigenvalue weighted by atomic mass is 9.79. The molecule has 9 aromatic rings. The maximum absolute atomic E-state index is 2.50. The van der Waals surface area contributed by atoms with Gasteiger partial charge in [-0.15, -0.1) is 0 Å². The van der Waals surface area contributed by atoms with Gasteiger partial charge in [0.2, 0.25) is 0 Å². The summed E-state index contributed by atoms with van der Waals surface area (Å²) in [7, 11) is 0. The van der Waals surface area contributed by atoms with Crippen molar-refractivity contribution in [3.63, 3.8) is 0 Å². The topological polar surface area (TPSA) is 0 Å². The summed E-state index contributed by atoms with van der Waals surface area (Å²) in [6, 6.07) is 63.0. The maximum Gasteiger partial charge on any atom is 0.0159 e. The Morgan fingerprint density at radius 2 is 0.714 bits per heavy atom. The minimum Gasteiger partial charge on any atom is -0.0622 e. The average molecular weight is 623 g/mol. The third kappa shape index (κ3) is 3.98. The molecule has 0 saturated heterocycles. The molecule has 0 nitrogen and oxygen atoms in total. The van der Waals surface area contributed by atoms with Gasteiger partial charge in [-0.1, -0.05) is 178 Å². The SMILES string of the molecule is CC1(C)c2ccccc2-c2c1cc(-c1ccc(-c3c4ccccc4c(-c4ccccc4)c4ccccc34)c3ccccc13)c1ccccc21. The van der Waals surface area contributed by atoms with E-state index in [1.807, 2.05) is 0 Å². The van der Waals surface area contributed by atoms with Gasteiger partial charge in [-0.2, -0.15) is 0 Å². The molecule has 0 bridgehead atoms. The Labute approximate surface area is 286 Å². The second-order valence-electron chi connectivity index (χ2n) is 14.0. The second kappa shape index (κ2) is 10.5. The standard InChI is InChI=1S/C49H34/c1-49(2)44-27-15-14-26-42(44)48-36-21-9-8-20-34(36)43(30-45(48)49)35-28-29-41(33-19-7-6-18-32(33)35)47-39-24-12-10-22-37(39)46(31-16-4-3-5-17-31)38-23-11-13-25-40(38)47/h3-30H,1-2H3. The molecule has 0 fully saturated rings. The molecule has 0 aromatic heterocycles. The third-order valence-electron chi connectivity index (χ3n) is 11.1. The van der Waals surface area contributed by atoms with Gasteiger partial charge in [0.15, 0.2) is 0 Å². The van der Waals surface area contributed by atoms with Gasteiger partial charge in [-0.25, -0.2) is 0 Å². The number of benzene rings is 9. The fraction of sp³-hybridized carbons (Fsp3) is 0.0612. The highest BCUT2D eigenvalue weighted by Crippen LogP contribution is 2.54. The van der Waals surface area contributed by atoms with E-state index in [0.29, 0.717) is 0 Å². The second-order valence-corrected chi connectivity index (χ2v) is 14.0. The van der Waals surface area contributed by atoms with Crippen LogP contribution in [0.5, 0.6) is 0 Å². The molecular weight excluding hydrogens is 589 g/mol. The Morgan fingerprint density at radius 3 is 1.33 bits per heavy atom. The Morgan fingerprint density at radius 1 is 0.286 bits per heavy atom. The van der Waals surface area contributed by atoms with Crippen LogP contribution >= 0.6 is 0 Å². The molecule has 49 heavy (non-hydrogen) atoms. The molecule has 10 rings (SSSR count). The molecule has 0 heterocycles. The van der Waals surface area contributed by atoms with Crippen molar-refractivity contribution in [2.75, 3.05) is 0 Å². The number of hydrogen-bond acceptors (Lipinski definition) is 0. The zero-order valence-electron chi connectivity index (χ0n) is 27.7. The van der Waals surface area contributed by atoms with E-state index >= 15 is 0 Å². The van der Waals surface area contributed by atoms with Crippen molar-refractivity contribution >= 4 is 43.1 Å². The fourth-order valence-corrected chi connectivity index (χ4v) is 8.86. The van der Waals surface area contributed by atoms with Gasteiger partial charge in [-0.05, 0) is 105 Å². The predicted octanol–water partition coefficient (Wildman–Crippen LogP) is 13.6. The van der Waals surface area contributed by atoms with E-state index in [9.17, 15) is 0 Å². The quantitative estimate of drug-likeness (QED) is 0.172. The van der Waals surface area contributed by atoms with Crippen molar-refractivity contribution in [3.05, 3.63) is 181 Å². The molecule has 230 valence electrons. The van der Waals surface area contributed by atoms with Crippen molar-refractivity contribution in [2.24, 2.45) is 0 Å². The molecule has 0 heteroatoms. The molecule has 0 unspecified atom stereocenters. The van der Waals surface area contributed by atoms with Crippen LogP contribution < -0.4 is 0 Å². The first kappa shape index (κ1) is 28.1. The molecule has 0 saturated carbocycles. The van der Waals surface area contributed by atoms with Crippen LogP contribution in [0.2, 0.25) is 0 Å². The van der Waals surface area contributed by atoms with E-state index in [0.717, 1.165) is 0 Å². The van der Waals surface area contributed by atoms with Crippen LogP contribution in [0.15, 0.2) is 170 Å². The van der Waals surface area contributed by atoms with Gasteiger partial charge < -0.3 is 0 Å². The van der Waals surface area contributed by atoms with Gasteiger partial charge >= 0.3 is 0 Å². The Hall–Kier alpha value is -5.98. The van der Waals surface area contributed by atoms with E-state index in [2.05, 4.69) is 184 Å². The fourth-order valence-electron chi connectivity index (χ4n) is 8.86. The average Bonchev–Trinajstić information content (AvgIpc) is 3.39. The van der Waals surface area contributed by atoms with Gasteiger partial charge in [0, 0.05) is 5.41 Å². The summed E-state index contributed by atoms with van der Waals surface area (Å²) in [6.45, 7) is 4.76. The summed E-state index contributed by atoms with van der Waals surface area (Å²) >= 11 is 0. The van der Waals surface area contributed by atoms with Crippen LogP contribution in [0.4, 0.5) is 0 Å². The monoisotopic (exact) mass is 622 g/mol. The molecule has 9 aromatic carbocycles. The van der Waals surface area contributed by atoms with Crippen LogP contribution in [0.25, 0.3) is 87.6 Å². The Kier molecular flexibility index (Phi) is 6.02. The molecule has 1 aliphatic rings. The highest BCUT2D eigenvalue weighted by Gasteiger charge is 2.37. The zero-order valence-corrected chi connectivity index (χ0v) is 27.7. The number of rotatable bonds is 3. The highest BCUT2D eigenvalue weighted by atomic mass is 14.4. The molecule has 0 radical (unpaired) electrons. The maximum atomic E-state index is 2.50. The molecular formula is C49H34. The third-order valence-corrected chi connectivity index (χ3v) is 11.1. The van der Waals surface area contributed by atoms with E-state index in [1.54, 1.807) is 0 Å². The summed E-state index contributed by atoms with van der Waals surface area (Å²) in [5, 5.41) is 10.3. The lowest BCUT2D eigenvalue weighted by molar-refractivity contribution is 0.661. The van der Waals surface area contributed by atoms with Crippen molar-refractivity contribution in [1.29, 1.82) is 0 Å². The van der Waals surface area contributed by atoms with Crippen LogP contribution in [0.1, 0.15) is 25.0 Å².